The van der Waals surface area contributed by atoms with E-state index in [9.17, 15) is 33.3 Å². The molecule has 8 N–H and O–H groups in total. The number of phosphoric acid groups is 3. The lowest BCUT2D eigenvalue weighted by Gasteiger charge is -2.19. The van der Waals surface area contributed by atoms with Gasteiger partial charge in [0.05, 0.1) is 12.7 Å². The van der Waals surface area contributed by atoms with E-state index in [1.165, 1.54) is 0 Å². The molecule has 2 rings (SSSR count). The van der Waals surface area contributed by atoms with Crippen molar-refractivity contribution >= 4 is 23.5 Å². The third-order valence-electron chi connectivity index (χ3n) is 3.75. The second kappa shape index (κ2) is 10.1. The maximum Gasteiger partial charge on any atom is 0.490 e. The van der Waals surface area contributed by atoms with Crippen LogP contribution in [0.2, 0.25) is 0 Å². The number of nitrogens with zero attached hydrogens (tertiary/aromatic N) is 1. The summed E-state index contributed by atoms with van der Waals surface area (Å²) in [6.07, 6.45) is -3.04. The summed E-state index contributed by atoms with van der Waals surface area (Å²) in [5.74, 6) is 2.44. The van der Waals surface area contributed by atoms with Crippen molar-refractivity contribution < 1.29 is 56.3 Å². The predicted octanol–water partition coefficient (Wildman–Crippen LogP) is -2.01. The number of aliphatic hydroxyl groups is 1. The fourth-order valence-corrected chi connectivity index (χ4v) is 5.55. The minimum atomic E-state index is -5.70. The highest BCUT2D eigenvalue weighted by molar-refractivity contribution is 7.66. The maximum absolute atomic E-state index is 12.1. The van der Waals surface area contributed by atoms with Gasteiger partial charge in [0.2, 0.25) is 0 Å². The second-order valence-corrected chi connectivity index (χ2v) is 10.6. The fourth-order valence-electron chi connectivity index (χ4n) is 2.52. The van der Waals surface area contributed by atoms with E-state index in [-0.39, 0.29) is 18.4 Å². The molecule has 1 aromatic rings. The minimum Gasteiger partial charge on any atom is -0.390 e. The molecule has 2 heterocycles. The molecule has 0 bridgehead atoms. The Morgan fingerprint density at radius 1 is 1.19 bits per heavy atom. The fraction of sp³-hybridized carbons (Fsp3) is 0.500. The van der Waals surface area contributed by atoms with Gasteiger partial charge < -0.3 is 35.2 Å². The van der Waals surface area contributed by atoms with Crippen molar-refractivity contribution in [1.82, 2.24) is 9.55 Å². The monoisotopic (exact) mass is 521 g/mol. The minimum absolute atomic E-state index is 0.0670. The molecule has 1 saturated heterocycles. The first kappa shape index (κ1) is 26.6. The Kier molecular flexibility index (Phi) is 8.41. The molecular weight excluding hydrogens is 503 g/mol. The summed E-state index contributed by atoms with van der Waals surface area (Å²) < 4.78 is 51.5. The van der Waals surface area contributed by atoms with Crippen LogP contribution in [0.3, 0.4) is 0 Å². The molecular formula is C12H18N3O14P3. The van der Waals surface area contributed by atoms with Gasteiger partial charge in [-0.05, 0) is 0 Å². The van der Waals surface area contributed by atoms with Crippen LogP contribution in [0.15, 0.2) is 15.8 Å². The van der Waals surface area contributed by atoms with Crippen LogP contribution < -0.4 is 17.0 Å². The third-order valence-corrected chi connectivity index (χ3v) is 7.56. The van der Waals surface area contributed by atoms with Crippen molar-refractivity contribution in [3.8, 4) is 12.0 Å². The zero-order valence-electron chi connectivity index (χ0n) is 15.7. The Bertz CT molecular complexity index is 1160. The zero-order chi connectivity index (χ0) is 24.3. The number of nitrogens with two attached hydrogens (primary N) is 1. The van der Waals surface area contributed by atoms with E-state index >= 15 is 0 Å². The van der Waals surface area contributed by atoms with E-state index in [4.69, 9.17) is 25.2 Å². The topological polar surface area (TPSA) is 270 Å². The van der Waals surface area contributed by atoms with Crippen LogP contribution in [0.1, 0.15) is 18.2 Å². The highest BCUT2D eigenvalue weighted by atomic mass is 31.3. The Balaban J connectivity index is 2.08. The standard InChI is InChI=1S/C12H18N3O14P3/c13-3-1-2-7-5-15(12(18)14-11(7)17)10-4-8(16)9(27-10)6-26-31(22,23)29-32(24,25)28-30(19,20)21/h5,8-10,16H,2,4,6,13H2,(H,22,23)(H,24,25)(H,14,17,18)(H2,19,20,21)/t8-,9+,10+/m0/s1. The molecule has 1 aliphatic heterocycles. The largest absolute Gasteiger partial charge is 0.490 e. The number of aliphatic hydroxyl groups excluding tert-OH is 1. The molecule has 20 heteroatoms. The lowest BCUT2D eigenvalue weighted by molar-refractivity contribution is -0.0450. The van der Waals surface area contributed by atoms with Crippen molar-refractivity contribution in [2.45, 2.75) is 31.3 Å². The summed E-state index contributed by atoms with van der Waals surface area (Å²) in [6.45, 7) is -0.912. The van der Waals surface area contributed by atoms with Gasteiger partial charge in [0.15, 0.2) is 0 Å². The number of phosphoric ester groups is 1. The van der Waals surface area contributed by atoms with Crippen molar-refractivity contribution in [3.63, 3.8) is 0 Å². The first-order valence-corrected chi connectivity index (χ1v) is 12.8. The van der Waals surface area contributed by atoms with E-state index in [1.807, 2.05) is 4.98 Å². The first-order valence-electron chi connectivity index (χ1n) is 8.27. The number of rotatable bonds is 9. The molecule has 0 spiro atoms. The maximum atomic E-state index is 12.1. The van der Waals surface area contributed by atoms with Crippen molar-refractivity contribution in [1.29, 1.82) is 0 Å². The lowest BCUT2D eigenvalue weighted by Crippen LogP contribution is -2.34. The summed E-state index contributed by atoms with van der Waals surface area (Å²) in [6, 6.07) is 2.09. The summed E-state index contributed by atoms with van der Waals surface area (Å²) in [5, 5.41) is 10.1. The van der Waals surface area contributed by atoms with Gasteiger partial charge in [0, 0.05) is 30.6 Å². The van der Waals surface area contributed by atoms with E-state index in [0.717, 1.165) is 10.8 Å². The van der Waals surface area contributed by atoms with E-state index < -0.39 is 59.8 Å². The summed E-state index contributed by atoms with van der Waals surface area (Å²) in [4.78, 5) is 61.4. The van der Waals surface area contributed by atoms with Crippen LogP contribution in [-0.4, -0.2) is 53.0 Å². The summed E-state index contributed by atoms with van der Waals surface area (Å²) in [5.41, 5.74) is 3.51. The molecule has 0 aromatic carbocycles. The number of aromatic nitrogens is 2. The second-order valence-electron chi connectivity index (χ2n) is 6.14. The average molecular weight is 521 g/mol. The van der Waals surface area contributed by atoms with Gasteiger partial charge in [-0.15, -0.1) is 0 Å². The highest BCUT2D eigenvalue weighted by Gasteiger charge is 2.43. The molecule has 1 aromatic heterocycles. The van der Waals surface area contributed by atoms with Gasteiger partial charge in [-0.1, -0.05) is 5.92 Å². The summed E-state index contributed by atoms with van der Waals surface area (Å²) in [7, 11) is -16.7. The van der Waals surface area contributed by atoms with Crippen LogP contribution in [-0.2, 0) is 38.0 Å². The summed E-state index contributed by atoms with van der Waals surface area (Å²) >= 11 is 0. The highest BCUT2D eigenvalue weighted by Crippen LogP contribution is 2.66. The van der Waals surface area contributed by atoms with Gasteiger partial charge in [0.1, 0.15) is 12.3 Å². The molecule has 2 unspecified atom stereocenters. The molecule has 5 atom stereocenters. The zero-order valence-corrected chi connectivity index (χ0v) is 18.4. The number of H-pyrrole nitrogens is 1. The molecule has 180 valence electrons. The SMILES string of the molecule is NC#CCc1cn([C@H]2C[C@H](O)[C@@H](COP(=O)(O)OP(=O)(O)OP(=O)(O)O)O2)c(=O)[nH]c1=O. The number of nitrogens with one attached hydrogen (secondary N) is 1. The lowest BCUT2D eigenvalue weighted by atomic mass is 10.2. The van der Waals surface area contributed by atoms with Gasteiger partial charge in [-0.25, -0.2) is 18.5 Å². The normalized spacial score (nSPS) is 24.8. The molecule has 0 aliphatic carbocycles. The van der Waals surface area contributed by atoms with Crippen LogP contribution in [0, 0.1) is 12.0 Å². The van der Waals surface area contributed by atoms with Gasteiger partial charge >= 0.3 is 29.2 Å². The van der Waals surface area contributed by atoms with Crippen LogP contribution in [0.5, 0.6) is 0 Å². The molecule has 0 radical (unpaired) electrons. The Hall–Kier alpha value is -1.63. The Morgan fingerprint density at radius 2 is 1.84 bits per heavy atom. The number of ether oxygens (including phenoxy) is 1. The smallest absolute Gasteiger partial charge is 0.390 e. The van der Waals surface area contributed by atoms with E-state index in [0.29, 0.717) is 0 Å². The molecule has 17 nitrogen and oxygen atoms in total. The predicted molar refractivity (Wildman–Crippen MR) is 101 cm³/mol. The van der Waals surface area contributed by atoms with Crippen LogP contribution >= 0.6 is 23.5 Å². The average Bonchev–Trinajstić information content (AvgIpc) is 2.97. The van der Waals surface area contributed by atoms with Crippen molar-refractivity contribution in [2.75, 3.05) is 6.61 Å². The molecule has 0 amide bonds. The quantitative estimate of drug-likeness (QED) is 0.105. The number of aromatic amines is 1. The van der Waals surface area contributed by atoms with Gasteiger partial charge in [-0.3, -0.25) is 18.9 Å². The number of hydrogen-bond acceptors (Lipinski definition) is 11. The van der Waals surface area contributed by atoms with E-state index in [1.54, 1.807) is 0 Å². The molecule has 0 saturated carbocycles. The van der Waals surface area contributed by atoms with Crippen LogP contribution in [0.25, 0.3) is 0 Å². The van der Waals surface area contributed by atoms with Gasteiger partial charge in [0.25, 0.3) is 5.56 Å². The van der Waals surface area contributed by atoms with Crippen LogP contribution in [0.4, 0.5) is 0 Å². The first-order chi connectivity index (χ1) is 14.6. The van der Waals surface area contributed by atoms with Crippen molar-refractivity contribution in [3.05, 3.63) is 32.6 Å². The third kappa shape index (κ3) is 7.75. The van der Waals surface area contributed by atoms with Crippen molar-refractivity contribution in [2.24, 2.45) is 5.73 Å². The Labute approximate surface area is 178 Å². The number of hydrogen-bond donors (Lipinski definition) is 7. The Morgan fingerprint density at radius 3 is 2.44 bits per heavy atom. The molecule has 1 aliphatic rings. The van der Waals surface area contributed by atoms with Gasteiger partial charge in [-0.2, -0.15) is 8.62 Å². The molecule has 1 fully saturated rings. The van der Waals surface area contributed by atoms with E-state index in [2.05, 4.69) is 25.1 Å². The molecule has 32 heavy (non-hydrogen) atoms.